The van der Waals surface area contributed by atoms with E-state index in [2.05, 4.69) is 10.6 Å². The molecule has 0 unspecified atom stereocenters. The van der Waals surface area contributed by atoms with E-state index in [1.807, 2.05) is 0 Å². The number of hydrogen-bond donors (Lipinski definition) is 2. The Morgan fingerprint density at radius 1 is 1.28 bits per heavy atom. The van der Waals surface area contributed by atoms with E-state index in [1.165, 1.54) is 25.7 Å². The van der Waals surface area contributed by atoms with Gasteiger partial charge in [-0.2, -0.15) is 0 Å². The van der Waals surface area contributed by atoms with Crippen molar-refractivity contribution in [2.45, 2.75) is 25.7 Å². The van der Waals surface area contributed by atoms with Crippen LogP contribution in [0.25, 0.3) is 0 Å². The highest BCUT2D eigenvalue weighted by atomic mass is 35.5. The lowest BCUT2D eigenvalue weighted by Crippen LogP contribution is -2.32. The normalized spacial score (nSPS) is 15.7. The van der Waals surface area contributed by atoms with Crippen LogP contribution in [0.1, 0.15) is 25.7 Å². The highest BCUT2D eigenvalue weighted by Gasteiger charge is 2.15. The fraction of sp³-hybridized carbons (Fsp3) is 0.462. The summed E-state index contributed by atoms with van der Waals surface area (Å²) in [4.78, 5) is 11.7. The second-order valence-corrected chi connectivity index (χ2v) is 5.45. The van der Waals surface area contributed by atoms with Crippen LogP contribution in [0, 0.1) is 5.92 Å². The quantitative estimate of drug-likeness (QED) is 0.854. The number of benzene rings is 1. The number of halogens is 2. The Bertz CT molecular complexity index is 431. The standard InChI is InChI=1S/C13H16Cl2N2O/c14-10-5-6-11(15)12(7-10)17-13(18)16-8-9-3-1-2-4-9/h5-7,9H,1-4,8H2,(H2,16,17,18). The first-order valence-corrected chi connectivity index (χ1v) is 6.90. The summed E-state index contributed by atoms with van der Waals surface area (Å²) in [6.45, 7) is 0.726. The number of hydrogen-bond acceptors (Lipinski definition) is 1. The van der Waals surface area contributed by atoms with Crippen molar-refractivity contribution in [3.8, 4) is 0 Å². The molecule has 0 aromatic heterocycles. The molecule has 0 spiro atoms. The van der Waals surface area contributed by atoms with E-state index in [-0.39, 0.29) is 6.03 Å². The Morgan fingerprint density at radius 3 is 2.72 bits per heavy atom. The van der Waals surface area contributed by atoms with Gasteiger partial charge in [-0.25, -0.2) is 4.79 Å². The van der Waals surface area contributed by atoms with Crippen LogP contribution in [-0.2, 0) is 0 Å². The predicted molar refractivity (Wildman–Crippen MR) is 75.4 cm³/mol. The van der Waals surface area contributed by atoms with E-state index in [4.69, 9.17) is 23.2 Å². The number of carbonyl (C=O) groups excluding carboxylic acids is 1. The van der Waals surface area contributed by atoms with Crippen molar-refractivity contribution in [2.24, 2.45) is 5.92 Å². The molecule has 2 N–H and O–H groups in total. The Morgan fingerprint density at radius 2 is 2.00 bits per heavy atom. The molecule has 1 aliphatic rings. The highest BCUT2D eigenvalue weighted by molar-refractivity contribution is 6.35. The van der Waals surface area contributed by atoms with Crippen LogP contribution in [0.15, 0.2) is 18.2 Å². The van der Waals surface area contributed by atoms with Crippen molar-refractivity contribution >= 4 is 34.9 Å². The molecular formula is C13H16Cl2N2O. The van der Waals surface area contributed by atoms with Gasteiger partial charge in [-0.05, 0) is 37.0 Å². The molecule has 2 rings (SSSR count). The minimum atomic E-state index is -0.230. The maximum atomic E-state index is 11.7. The number of urea groups is 1. The second-order valence-electron chi connectivity index (χ2n) is 4.61. The summed E-state index contributed by atoms with van der Waals surface area (Å²) in [6, 6.07) is 4.76. The first-order valence-electron chi connectivity index (χ1n) is 6.15. The SMILES string of the molecule is O=C(NCC1CCCC1)Nc1cc(Cl)ccc1Cl. The smallest absolute Gasteiger partial charge is 0.319 e. The van der Waals surface area contributed by atoms with Crippen LogP contribution in [0.4, 0.5) is 10.5 Å². The van der Waals surface area contributed by atoms with Crippen molar-refractivity contribution in [1.29, 1.82) is 0 Å². The zero-order valence-corrected chi connectivity index (χ0v) is 11.5. The average Bonchev–Trinajstić information content (AvgIpc) is 2.84. The minimum absolute atomic E-state index is 0.230. The number of anilines is 1. The summed E-state index contributed by atoms with van der Waals surface area (Å²) >= 11 is 11.8. The summed E-state index contributed by atoms with van der Waals surface area (Å²) in [5.74, 6) is 0.616. The van der Waals surface area contributed by atoms with E-state index in [1.54, 1.807) is 18.2 Å². The van der Waals surface area contributed by atoms with Gasteiger partial charge in [0.05, 0.1) is 10.7 Å². The molecule has 0 radical (unpaired) electrons. The van der Waals surface area contributed by atoms with Gasteiger partial charge in [0, 0.05) is 11.6 Å². The van der Waals surface area contributed by atoms with Crippen molar-refractivity contribution in [2.75, 3.05) is 11.9 Å². The number of amides is 2. The second kappa shape index (κ2) is 6.30. The van der Waals surface area contributed by atoms with Crippen molar-refractivity contribution in [1.82, 2.24) is 5.32 Å². The molecule has 1 fully saturated rings. The van der Waals surface area contributed by atoms with E-state index in [9.17, 15) is 4.79 Å². The molecule has 0 aliphatic heterocycles. The van der Waals surface area contributed by atoms with E-state index in [0.29, 0.717) is 21.7 Å². The Kier molecular flexibility index (Phi) is 4.72. The van der Waals surface area contributed by atoms with E-state index in [0.717, 1.165) is 6.54 Å². The summed E-state index contributed by atoms with van der Waals surface area (Å²) in [6.07, 6.45) is 4.96. The zero-order valence-electron chi connectivity index (χ0n) is 10.0. The van der Waals surface area contributed by atoms with Crippen LogP contribution in [0.5, 0.6) is 0 Å². The zero-order chi connectivity index (χ0) is 13.0. The average molecular weight is 287 g/mol. The third-order valence-electron chi connectivity index (χ3n) is 3.20. The van der Waals surface area contributed by atoms with Gasteiger partial charge in [0.15, 0.2) is 0 Å². The number of nitrogens with one attached hydrogen (secondary N) is 2. The maximum Gasteiger partial charge on any atom is 0.319 e. The maximum absolute atomic E-state index is 11.7. The van der Waals surface area contributed by atoms with Gasteiger partial charge >= 0.3 is 6.03 Å². The van der Waals surface area contributed by atoms with Gasteiger partial charge in [-0.3, -0.25) is 0 Å². The van der Waals surface area contributed by atoms with Gasteiger partial charge in [-0.15, -0.1) is 0 Å². The highest BCUT2D eigenvalue weighted by Crippen LogP contribution is 2.26. The van der Waals surface area contributed by atoms with Crippen LogP contribution < -0.4 is 10.6 Å². The van der Waals surface area contributed by atoms with Gasteiger partial charge in [0.25, 0.3) is 0 Å². The van der Waals surface area contributed by atoms with Crippen molar-refractivity contribution in [3.63, 3.8) is 0 Å². The molecule has 0 atom stereocenters. The monoisotopic (exact) mass is 286 g/mol. The molecule has 2 amide bonds. The van der Waals surface area contributed by atoms with Crippen LogP contribution in [0.3, 0.4) is 0 Å². The first-order chi connectivity index (χ1) is 8.65. The lowest BCUT2D eigenvalue weighted by molar-refractivity contribution is 0.250. The molecule has 1 aromatic rings. The molecule has 0 bridgehead atoms. The summed E-state index contributed by atoms with van der Waals surface area (Å²) < 4.78 is 0. The molecule has 1 saturated carbocycles. The van der Waals surface area contributed by atoms with Gasteiger partial charge in [-0.1, -0.05) is 36.0 Å². The van der Waals surface area contributed by atoms with Crippen molar-refractivity contribution < 1.29 is 4.79 Å². The first kappa shape index (κ1) is 13.5. The third-order valence-corrected chi connectivity index (χ3v) is 3.77. The van der Waals surface area contributed by atoms with E-state index < -0.39 is 0 Å². The molecule has 1 aromatic carbocycles. The van der Waals surface area contributed by atoms with Crippen molar-refractivity contribution in [3.05, 3.63) is 28.2 Å². The number of carbonyl (C=O) groups is 1. The largest absolute Gasteiger partial charge is 0.338 e. The Hall–Kier alpha value is -0.930. The molecule has 1 aliphatic carbocycles. The topological polar surface area (TPSA) is 41.1 Å². The fourth-order valence-electron chi connectivity index (χ4n) is 2.21. The Labute approximate surface area is 117 Å². The van der Waals surface area contributed by atoms with Gasteiger partial charge < -0.3 is 10.6 Å². The third kappa shape index (κ3) is 3.79. The molecule has 0 saturated heterocycles. The molecule has 98 valence electrons. The van der Waals surface area contributed by atoms with Crippen LogP contribution in [-0.4, -0.2) is 12.6 Å². The molecular weight excluding hydrogens is 271 g/mol. The lowest BCUT2D eigenvalue weighted by atomic mass is 10.1. The van der Waals surface area contributed by atoms with Gasteiger partial charge in [0.1, 0.15) is 0 Å². The summed E-state index contributed by atoms with van der Waals surface area (Å²) in [5, 5.41) is 6.61. The van der Waals surface area contributed by atoms with Crippen LogP contribution in [0.2, 0.25) is 10.0 Å². The van der Waals surface area contributed by atoms with Gasteiger partial charge in [0.2, 0.25) is 0 Å². The molecule has 0 heterocycles. The summed E-state index contributed by atoms with van der Waals surface area (Å²) in [7, 11) is 0. The molecule has 3 nitrogen and oxygen atoms in total. The Balaban J connectivity index is 1.84. The van der Waals surface area contributed by atoms with E-state index >= 15 is 0 Å². The molecule has 18 heavy (non-hydrogen) atoms. The minimum Gasteiger partial charge on any atom is -0.338 e. The number of rotatable bonds is 3. The van der Waals surface area contributed by atoms with Crippen LogP contribution >= 0.6 is 23.2 Å². The molecule has 5 heteroatoms. The lowest BCUT2D eigenvalue weighted by Gasteiger charge is -2.12. The summed E-state index contributed by atoms with van der Waals surface area (Å²) in [5.41, 5.74) is 0.535. The predicted octanol–water partition coefficient (Wildman–Crippen LogP) is 4.31. The fourth-order valence-corrected chi connectivity index (χ4v) is 2.55.